The summed E-state index contributed by atoms with van der Waals surface area (Å²) in [5, 5.41) is 2.48. The van der Waals surface area contributed by atoms with Gasteiger partial charge in [0, 0.05) is 33.2 Å². The second-order valence-electron chi connectivity index (χ2n) is 12.6. The van der Waals surface area contributed by atoms with E-state index in [9.17, 15) is 0 Å². The quantitative estimate of drug-likeness (QED) is 0.142. The first-order valence-corrected chi connectivity index (χ1v) is 17.3. The van der Waals surface area contributed by atoms with Crippen molar-refractivity contribution in [2.45, 2.75) is 10.9 Å². The van der Waals surface area contributed by atoms with Crippen LogP contribution in [0.5, 0.6) is 0 Å². The van der Waals surface area contributed by atoms with Gasteiger partial charge >= 0.3 is 0 Å². The Morgan fingerprint density at radius 2 is 1.22 bits per heavy atom. The maximum absolute atomic E-state index is 8.23. The Kier molecular flexibility index (Phi) is 7.49. The molecule has 6 heteroatoms. The third kappa shape index (κ3) is 5.25. The van der Waals surface area contributed by atoms with Crippen molar-refractivity contribution in [3.05, 3.63) is 196 Å². The zero-order valence-electron chi connectivity index (χ0n) is 26.8. The van der Waals surface area contributed by atoms with Crippen LogP contribution < -0.4 is 10.7 Å². The Balaban J connectivity index is 1.47. The lowest BCUT2D eigenvalue weighted by atomic mass is 9.80. The van der Waals surface area contributed by atoms with Crippen LogP contribution in [0.1, 0.15) is 28.4 Å². The van der Waals surface area contributed by atoms with Gasteiger partial charge in [0.05, 0.1) is 33.8 Å². The van der Waals surface area contributed by atoms with Gasteiger partial charge in [0.2, 0.25) is 0 Å². The van der Waals surface area contributed by atoms with Crippen LogP contribution in [0.4, 0.5) is 0 Å². The normalized spacial score (nSPS) is 21.6. The number of aliphatic imine (C=N–C) groups is 2. The van der Waals surface area contributed by atoms with Crippen LogP contribution in [0.2, 0.25) is 5.02 Å². The molecule has 50 heavy (non-hydrogen) atoms. The number of nitrogens with zero attached hydrogens (tertiary/aromatic N) is 3. The highest BCUT2D eigenvalue weighted by atomic mass is 35.5. The smallest absolute Gasteiger partial charge is 0.172 e. The molecule has 0 spiro atoms. The number of para-hydroxylation sites is 1. The molecule has 0 saturated heterocycles. The number of rotatable bonds is 4. The van der Waals surface area contributed by atoms with Gasteiger partial charge < -0.3 is 9.55 Å². The molecular weight excluding hydrogens is 655 g/mol. The summed E-state index contributed by atoms with van der Waals surface area (Å²) in [6, 6.07) is 45.5. The average Bonchev–Trinajstić information content (AvgIpc) is 3.93. The summed E-state index contributed by atoms with van der Waals surface area (Å²) >= 11 is 15.9. The maximum Gasteiger partial charge on any atom is 0.172 e. The van der Waals surface area contributed by atoms with Crippen LogP contribution >= 0.6 is 23.2 Å². The van der Waals surface area contributed by atoms with Crippen LogP contribution in [-0.4, -0.2) is 26.0 Å². The Bertz CT molecular complexity index is 2540. The average molecular weight is 686 g/mol. The van der Waals surface area contributed by atoms with Crippen molar-refractivity contribution in [1.82, 2.24) is 9.55 Å². The van der Waals surface area contributed by atoms with Crippen LogP contribution in [-0.2, 0) is 0 Å². The lowest BCUT2D eigenvalue weighted by Crippen LogP contribution is -2.31. The molecule has 0 fully saturated rings. The summed E-state index contributed by atoms with van der Waals surface area (Å²) < 4.78 is 2.26. The van der Waals surface area contributed by atoms with Crippen molar-refractivity contribution >= 4 is 58.4 Å². The molecule has 6 aromatic rings. The van der Waals surface area contributed by atoms with Crippen molar-refractivity contribution in [1.29, 1.82) is 0 Å². The number of nitrogens with one attached hydrogen (secondary N) is 1. The molecule has 4 nitrogen and oxygen atoms in total. The maximum atomic E-state index is 8.23. The van der Waals surface area contributed by atoms with Gasteiger partial charge in [-0.3, -0.25) is 4.99 Å². The van der Waals surface area contributed by atoms with E-state index in [4.69, 9.17) is 33.2 Å². The van der Waals surface area contributed by atoms with Crippen LogP contribution in [0, 0.1) is 0 Å². The van der Waals surface area contributed by atoms with Crippen molar-refractivity contribution in [2.75, 3.05) is 0 Å². The van der Waals surface area contributed by atoms with Gasteiger partial charge in [-0.2, -0.15) is 0 Å². The first-order valence-electron chi connectivity index (χ1n) is 16.6. The Morgan fingerprint density at radius 1 is 0.620 bits per heavy atom. The molecule has 3 aliphatic rings. The molecule has 8 bridgehead atoms. The molecule has 240 valence electrons. The van der Waals surface area contributed by atoms with E-state index < -0.39 is 10.9 Å². The largest absolute Gasteiger partial charge is 0.355 e. The standard InChI is InChI=1S/C44H30Cl2N4/c45-42-39-28-35-24-23-33(48-35)25-32-21-22-34(47-32)26-36-27-38(29-13-5-1-6-14-29)44(46,49-36)41(31-17-9-3-10-18-31)43(40(42)30-15-7-2-8-16-30)50(39)37-19-11-4-12-20-37/h1-28,41,47H/b32-25-,34-26-,35-28-. The monoisotopic (exact) mass is 684 g/mol. The van der Waals surface area contributed by atoms with Gasteiger partial charge in [-0.1, -0.05) is 132 Å². The fraction of sp³-hybridized carbons (Fsp3) is 0.0455. The number of fused-ring (bicyclic) bond motifs is 6. The van der Waals surface area contributed by atoms with Gasteiger partial charge in [-0.25, -0.2) is 4.99 Å². The third-order valence-corrected chi connectivity index (χ3v) is 10.3. The lowest BCUT2D eigenvalue weighted by molar-refractivity contribution is 0.634. The highest BCUT2D eigenvalue weighted by molar-refractivity contribution is 6.38. The molecule has 3 aliphatic heterocycles. The van der Waals surface area contributed by atoms with E-state index >= 15 is 0 Å². The van der Waals surface area contributed by atoms with E-state index in [0.717, 1.165) is 72.7 Å². The second-order valence-corrected chi connectivity index (χ2v) is 13.5. The molecular formula is C44H30Cl2N4. The first kappa shape index (κ1) is 30.4. The fourth-order valence-corrected chi connectivity index (χ4v) is 8.10. The number of halogens is 2. The van der Waals surface area contributed by atoms with E-state index in [1.54, 1.807) is 0 Å². The zero-order chi connectivity index (χ0) is 33.7. The number of H-pyrrole nitrogens is 1. The molecule has 0 amide bonds. The van der Waals surface area contributed by atoms with Crippen molar-refractivity contribution in [2.24, 2.45) is 9.98 Å². The van der Waals surface area contributed by atoms with E-state index in [2.05, 4.69) is 101 Å². The van der Waals surface area contributed by atoms with Gasteiger partial charge in [0.1, 0.15) is 0 Å². The minimum atomic E-state index is -1.27. The molecule has 0 saturated carbocycles. The minimum absolute atomic E-state index is 0.499. The molecule has 0 aliphatic carbocycles. The highest BCUT2D eigenvalue weighted by Crippen LogP contribution is 2.55. The Labute approximate surface area is 300 Å². The number of aromatic amines is 1. The molecule has 9 rings (SSSR count). The molecule has 0 radical (unpaired) electrons. The lowest BCUT2D eigenvalue weighted by Gasteiger charge is -2.35. The zero-order valence-corrected chi connectivity index (χ0v) is 28.4. The highest BCUT2D eigenvalue weighted by Gasteiger charge is 2.48. The molecule has 5 heterocycles. The van der Waals surface area contributed by atoms with Crippen molar-refractivity contribution in [3.63, 3.8) is 0 Å². The summed E-state index contributed by atoms with van der Waals surface area (Å²) in [7, 11) is 0. The van der Waals surface area contributed by atoms with Crippen molar-refractivity contribution < 1.29 is 0 Å². The second kappa shape index (κ2) is 12.3. The van der Waals surface area contributed by atoms with Gasteiger partial charge in [0.25, 0.3) is 0 Å². The molecule has 2 aromatic heterocycles. The Morgan fingerprint density at radius 3 is 1.90 bits per heavy atom. The number of benzene rings is 4. The molecule has 4 aromatic carbocycles. The van der Waals surface area contributed by atoms with E-state index in [1.807, 2.05) is 78.9 Å². The number of alkyl halides is 1. The van der Waals surface area contributed by atoms with Gasteiger partial charge in [-0.15, -0.1) is 0 Å². The number of hydrogen-bond acceptors (Lipinski definition) is 2. The Hall–Kier alpha value is -5.68. The molecule has 1 N–H and O–H groups in total. The SMILES string of the molecule is Clc1c(-c2ccccc2)c2n(-c3ccccc3)c1/C=C1/C=CC(=N1)/C=c1/cc/c([nH]1)=C/C1=NC(Cl)(C(c3ccccc3)=C1)C2c1ccccc1. The van der Waals surface area contributed by atoms with Gasteiger partial charge in [-0.05, 0) is 77.4 Å². The predicted octanol–water partition coefficient (Wildman–Crippen LogP) is 9.36. The number of hydrogen-bond donors (Lipinski definition) is 1. The van der Waals surface area contributed by atoms with E-state index in [0.29, 0.717) is 5.02 Å². The summed E-state index contributed by atoms with van der Waals surface area (Å²) in [6.07, 6.45) is 12.3. The first-order chi connectivity index (χ1) is 24.5. The molecule has 2 unspecified atom stereocenters. The predicted molar refractivity (Wildman–Crippen MR) is 208 cm³/mol. The summed E-state index contributed by atoms with van der Waals surface area (Å²) in [4.78, 5) is 12.7. The summed E-state index contributed by atoms with van der Waals surface area (Å²) in [5.74, 6) is -0.499. The van der Waals surface area contributed by atoms with E-state index in [-0.39, 0.29) is 0 Å². The summed E-state index contributed by atoms with van der Waals surface area (Å²) in [5.41, 5.74) is 9.91. The van der Waals surface area contributed by atoms with Crippen molar-refractivity contribution in [3.8, 4) is 16.8 Å². The number of aromatic nitrogens is 2. The van der Waals surface area contributed by atoms with Crippen LogP contribution in [0.15, 0.2) is 167 Å². The molecule has 2 atom stereocenters. The third-order valence-electron chi connectivity index (χ3n) is 9.40. The topological polar surface area (TPSA) is 45.4 Å². The fourth-order valence-electron chi connectivity index (χ4n) is 7.26. The van der Waals surface area contributed by atoms with E-state index in [1.165, 1.54) is 0 Å². The minimum Gasteiger partial charge on any atom is -0.355 e. The van der Waals surface area contributed by atoms with Crippen LogP contribution in [0.3, 0.4) is 0 Å². The van der Waals surface area contributed by atoms with Crippen LogP contribution in [0.25, 0.3) is 40.6 Å². The van der Waals surface area contributed by atoms with Gasteiger partial charge in [0.15, 0.2) is 5.00 Å². The summed E-state index contributed by atoms with van der Waals surface area (Å²) in [6.45, 7) is 0. The number of allylic oxidation sites excluding steroid dienone is 3.